The van der Waals surface area contributed by atoms with Crippen LogP contribution >= 0.6 is 23.2 Å². The van der Waals surface area contributed by atoms with Gasteiger partial charge in [-0.05, 0) is 18.6 Å². The first-order valence-corrected chi connectivity index (χ1v) is 7.37. The summed E-state index contributed by atoms with van der Waals surface area (Å²) < 4.78 is 30.4. The highest BCUT2D eigenvalue weighted by atomic mass is 35.5. The van der Waals surface area contributed by atoms with Crippen LogP contribution in [0, 0.1) is 0 Å². The van der Waals surface area contributed by atoms with Crippen LogP contribution in [0.3, 0.4) is 0 Å². The zero-order valence-electron chi connectivity index (χ0n) is 9.42. The third-order valence-corrected chi connectivity index (χ3v) is 3.87. The number of carboxylic acids is 1. The van der Waals surface area contributed by atoms with Crippen molar-refractivity contribution in [3.05, 3.63) is 17.9 Å². The summed E-state index contributed by atoms with van der Waals surface area (Å²) in [5.74, 6) is -1.38. The molecule has 0 spiro atoms. The Hall–Kier alpha value is -0.800. The summed E-state index contributed by atoms with van der Waals surface area (Å²) in [5.41, 5.74) is 0. The van der Waals surface area contributed by atoms with E-state index in [1.54, 1.807) is 0 Å². The Bertz CT molecular complexity index is 541. The normalized spacial score (nSPS) is 13.7. The Balaban J connectivity index is 2.93. The van der Waals surface area contributed by atoms with Gasteiger partial charge in [0, 0.05) is 6.61 Å². The third kappa shape index (κ3) is 4.36. The van der Waals surface area contributed by atoms with Crippen LogP contribution in [0.4, 0.5) is 0 Å². The highest BCUT2D eigenvalue weighted by Crippen LogP contribution is 2.27. The molecule has 108 valence electrons. The van der Waals surface area contributed by atoms with Crippen LogP contribution in [0.25, 0.3) is 0 Å². The van der Waals surface area contributed by atoms with Gasteiger partial charge in [-0.3, -0.25) is 4.79 Å². The van der Waals surface area contributed by atoms with E-state index in [0.717, 1.165) is 6.07 Å². The van der Waals surface area contributed by atoms with E-state index < -0.39 is 38.6 Å². The first-order chi connectivity index (χ1) is 8.77. The van der Waals surface area contributed by atoms with Gasteiger partial charge in [0.1, 0.15) is 11.8 Å². The van der Waals surface area contributed by atoms with Gasteiger partial charge in [0.25, 0.3) is 10.0 Å². The van der Waals surface area contributed by atoms with E-state index in [1.165, 1.54) is 6.07 Å². The number of aliphatic carboxylic acids is 1. The summed E-state index contributed by atoms with van der Waals surface area (Å²) in [6.45, 7) is -0.478. The molecule has 19 heavy (non-hydrogen) atoms. The fourth-order valence-electron chi connectivity index (χ4n) is 1.20. The zero-order valence-corrected chi connectivity index (χ0v) is 11.7. The lowest BCUT2D eigenvalue weighted by atomic mass is 10.2. The summed E-state index contributed by atoms with van der Waals surface area (Å²) in [7, 11) is -4.17. The predicted octanol–water partition coefficient (Wildman–Crippen LogP) is 0.870. The van der Waals surface area contributed by atoms with Crippen LogP contribution in [0.15, 0.2) is 21.6 Å². The minimum atomic E-state index is -4.17. The minimum absolute atomic E-state index is 0.0257. The van der Waals surface area contributed by atoms with Crippen molar-refractivity contribution in [2.45, 2.75) is 22.4 Å². The molecule has 3 N–H and O–H groups in total. The Kier molecular flexibility index (Phi) is 5.63. The molecule has 1 aromatic rings. The molecule has 0 unspecified atom stereocenters. The molecule has 0 bridgehead atoms. The predicted molar refractivity (Wildman–Crippen MR) is 66.6 cm³/mol. The second-order valence-corrected chi connectivity index (χ2v) is 6.22. The summed E-state index contributed by atoms with van der Waals surface area (Å²) in [4.78, 5) is 9.77. The average Bonchev–Trinajstić information content (AvgIpc) is 2.78. The minimum Gasteiger partial charge on any atom is -0.480 e. The number of aliphatic hydroxyl groups excluding tert-OH is 1. The maximum absolute atomic E-state index is 11.8. The van der Waals surface area contributed by atoms with Crippen LogP contribution < -0.4 is 4.72 Å². The van der Waals surface area contributed by atoms with E-state index >= 15 is 0 Å². The molecule has 0 saturated heterocycles. The molecule has 0 aliphatic carbocycles. The molecular weight excluding hydrogens is 321 g/mol. The molecular formula is C9H11Cl2NO6S. The number of sulfonamides is 1. The molecule has 0 radical (unpaired) electrons. The van der Waals surface area contributed by atoms with Crippen LogP contribution in [0.5, 0.6) is 0 Å². The molecule has 1 aromatic heterocycles. The number of hydrogen-bond acceptors (Lipinski definition) is 5. The monoisotopic (exact) mass is 331 g/mol. The largest absolute Gasteiger partial charge is 0.480 e. The van der Waals surface area contributed by atoms with E-state index in [1.807, 2.05) is 4.72 Å². The van der Waals surface area contributed by atoms with Crippen LogP contribution in [-0.4, -0.2) is 37.2 Å². The van der Waals surface area contributed by atoms with Gasteiger partial charge in [-0.2, -0.15) is 4.72 Å². The van der Waals surface area contributed by atoms with Crippen LogP contribution in [-0.2, 0) is 14.8 Å². The lowest BCUT2D eigenvalue weighted by Gasteiger charge is -2.12. The fourth-order valence-corrected chi connectivity index (χ4v) is 2.60. The van der Waals surface area contributed by atoms with Gasteiger partial charge < -0.3 is 14.6 Å². The maximum Gasteiger partial charge on any atom is 0.321 e. The lowest BCUT2D eigenvalue weighted by molar-refractivity contribution is -0.139. The van der Waals surface area contributed by atoms with E-state index in [4.69, 9.17) is 37.8 Å². The summed E-state index contributed by atoms with van der Waals surface area (Å²) in [6, 6.07) is 0.917. The van der Waals surface area contributed by atoms with E-state index in [-0.39, 0.29) is 12.2 Å². The van der Waals surface area contributed by atoms with Crippen molar-refractivity contribution in [1.82, 2.24) is 4.72 Å². The first kappa shape index (κ1) is 16.3. The number of rotatable bonds is 7. The molecule has 1 rings (SSSR count). The van der Waals surface area contributed by atoms with Gasteiger partial charge in [0.05, 0.1) is 0 Å². The van der Waals surface area contributed by atoms with Crippen molar-refractivity contribution in [1.29, 1.82) is 0 Å². The Morgan fingerprint density at radius 1 is 1.42 bits per heavy atom. The number of halogens is 2. The van der Waals surface area contributed by atoms with Gasteiger partial charge in [0.15, 0.2) is 4.84 Å². The Morgan fingerprint density at radius 2 is 2.05 bits per heavy atom. The fraction of sp³-hybridized carbons (Fsp3) is 0.444. The number of hydrogen-bond donors (Lipinski definition) is 3. The van der Waals surface area contributed by atoms with Crippen molar-refractivity contribution >= 4 is 39.2 Å². The molecule has 7 nitrogen and oxygen atoms in total. The lowest BCUT2D eigenvalue weighted by Crippen LogP contribution is -2.41. The standard InChI is InChI=1S/C9H11Cl2NO6S/c10-8(11)6-1-2-7(18-6)19(16,17)12-5(3-4-13)9(14)15/h1-2,5,8,12-13H,3-4H2,(H,14,15)/t5-/m0/s1. The number of aliphatic hydroxyl groups is 1. The molecule has 0 aliphatic heterocycles. The highest BCUT2D eigenvalue weighted by Gasteiger charge is 2.27. The molecule has 10 heteroatoms. The Labute approximate surface area is 119 Å². The number of furan rings is 1. The van der Waals surface area contributed by atoms with Crippen molar-refractivity contribution in [2.75, 3.05) is 6.61 Å². The number of carbonyl (C=O) groups is 1. The SMILES string of the molecule is O=C(O)[C@H](CCO)NS(=O)(=O)c1ccc(C(Cl)Cl)o1. The van der Waals surface area contributed by atoms with Gasteiger partial charge in [-0.25, -0.2) is 8.42 Å². The van der Waals surface area contributed by atoms with E-state index in [9.17, 15) is 13.2 Å². The summed E-state index contributed by atoms with van der Waals surface area (Å²) in [5, 5.41) is 17.0. The number of nitrogens with one attached hydrogen (secondary N) is 1. The van der Waals surface area contributed by atoms with Crippen molar-refractivity contribution in [2.24, 2.45) is 0 Å². The highest BCUT2D eigenvalue weighted by molar-refractivity contribution is 7.89. The second-order valence-electron chi connectivity index (χ2n) is 3.48. The van der Waals surface area contributed by atoms with Gasteiger partial charge in [-0.1, -0.05) is 23.2 Å². The van der Waals surface area contributed by atoms with Gasteiger partial charge >= 0.3 is 5.97 Å². The second kappa shape index (κ2) is 6.58. The van der Waals surface area contributed by atoms with E-state index in [0.29, 0.717) is 0 Å². The quantitative estimate of drug-likeness (QED) is 0.638. The molecule has 1 heterocycles. The van der Waals surface area contributed by atoms with Crippen LogP contribution in [0.1, 0.15) is 17.0 Å². The molecule has 1 atom stereocenters. The van der Waals surface area contributed by atoms with Crippen molar-refractivity contribution in [3.8, 4) is 0 Å². The summed E-state index contributed by atoms with van der Waals surface area (Å²) >= 11 is 11.0. The molecule has 0 saturated carbocycles. The number of alkyl halides is 2. The van der Waals surface area contributed by atoms with Crippen LogP contribution in [0.2, 0.25) is 0 Å². The molecule has 0 aromatic carbocycles. The first-order valence-electron chi connectivity index (χ1n) is 5.02. The van der Waals surface area contributed by atoms with Gasteiger partial charge in [-0.15, -0.1) is 0 Å². The number of carboxylic acid groups (broad SMARTS) is 1. The van der Waals surface area contributed by atoms with Crippen molar-refractivity contribution < 1.29 is 27.8 Å². The third-order valence-electron chi connectivity index (χ3n) is 2.10. The molecule has 0 amide bonds. The Morgan fingerprint density at radius 3 is 2.47 bits per heavy atom. The zero-order chi connectivity index (χ0) is 14.6. The maximum atomic E-state index is 11.8. The van der Waals surface area contributed by atoms with Gasteiger partial charge in [0.2, 0.25) is 5.09 Å². The molecule has 0 fully saturated rings. The topological polar surface area (TPSA) is 117 Å². The van der Waals surface area contributed by atoms with Crippen molar-refractivity contribution in [3.63, 3.8) is 0 Å². The molecule has 0 aliphatic rings. The smallest absolute Gasteiger partial charge is 0.321 e. The average molecular weight is 332 g/mol. The van der Waals surface area contributed by atoms with E-state index in [2.05, 4.69) is 0 Å². The summed E-state index contributed by atoms with van der Waals surface area (Å²) in [6.07, 6.45) is -0.268.